The molecule has 4 heteroatoms. The molecular weight excluding hydrogens is 256 g/mol. The molecule has 0 aliphatic rings. The molecule has 0 aromatic heterocycles. The minimum absolute atomic E-state index is 0.0391. The largest absolute Gasteiger partial charge is 0.352 e. The Balaban J connectivity index is 2.61. The first-order chi connectivity index (χ1) is 9.10. The average molecular weight is 280 g/mol. The van der Waals surface area contributed by atoms with Crippen molar-refractivity contribution in [1.29, 1.82) is 0 Å². The van der Waals surface area contributed by atoms with Crippen molar-refractivity contribution in [2.45, 2.75) is 32.4 Å². The standard InChI is InChI=1S/C15H24N2OS/c1-4-13(10-19-3)17-15(18)11(2)14(16)12-8-6-5-7-9-12/h5-9,11,13-14H,4,10,16H2,1-3H3,(H,17,18). The third-order valence-electron chi connectivity index (χ3n) is 3.34. The first-order valence-corrected chi connectivity index (χ1v) is 8.09. The number of rotatable bonds is 7. The molecule has 0 radical (unpaired) electrons. The molecule has 3 N–H and O–H groups in total. The molecule has 19 heavy (non-hydrogen) atoms. The van der Waals surface area contributed by atoms with Crippen LogP contribution in [0, 0.1) is 5.92 Å². The molecule has 0 aliphatic heterocycles. The number of nitrogens with two attached hydrogens (primary N) is 1. The van der Waals surface area contributed by atoms with E-state index in [0.29, 0.717) is 0 Å². The summed E-state index contributed by atoms with van der Waals surface area (Å²) in [5.74, 6) is 0.755. The van der Waals surface area contributed by atoms with E-state index < -0.39 is 0 Å². The molecule has 106 valence electrons. The Labute approximate surface area is 120 Å². The maximum Gasteiger partial charge on any atom is 0.224 e. The number of hydrogen-bond acceptors (Lipinski definition) is 3. The normalized spacial score (nSPS) is 15.6. The van der Waals surface area contributed by atoms with Gasteiger partial charge in [0.15, 0.2) is 0 Å². The number of amides is 1. The predicted octanol–water partition coefficient (Wildman–Crippen LogP) is 2.58. The molecule has 0 bridgehead atoms. The summed E-state index contributed by atoms with van der Waals surface area (Å²) in [6, 6.07) is 9.75. The average Bonchev–Trinajstić information content (AvgIpc) is 2.45. The molecule has 0 fully saturated rings. The molecule has 0 saturated heterocycles. The number of hydrogen-bond donors (Lipinski definition) is 2. The SMILES string of the molecule is CCC(CSC)NC(=O)C(C)C(N)c1ccccc1. The van der Waals surface area contributed by atoms with E-state index in [0.717, 1.165) is 17.7 Å². The van der Waals surface area contributed by atoms with Gasteiger partial charge in [-0.2, -0.15) is 11.8 Å². The second kappa shape index (κ2) is 8.23. The Morgan fingerprint density at radius 3 is 2.53 bits per heavy atom. The van der Waals surface area contributed by atoms with Crippen LogP contribution in [-0.2, 0) is 4.79 Å². The summed E-state index contributed by atoms with van der Waals surface area (Å²) in [7, 11) is 0. The van der Waals surface area contributed by atoms with Crippen LogP contribution < -0.4 is 11.1 Å². The van der Waals surface area contributed by atoms with Crippen LogP contribution in [0.25, 0.3) is 0 Å². The van der Waals surface area contributed by atoms with Crippen LogP contribution in [0.3, 0.4) is 0 Å². The number of carbonyl (C=O) groups is 1. The van der Waals surface area contributed by atoms with Crippen LogP contribution in [0.1, 0.15) is 31.9 Å². The van der Waals surface area contributed by atoms with Gasteiger partial charge in [-0.25, -0.2) is 0 Å². The minimum Gasteiger partial charge on any atom is -0.352 e. The molecule has 1 aromatic rings. The van der Waals surface area contributed by atoms with E-state index in [1.807, 2.05) is 43.5 Å². The quantitative estimate of drug-likeness (QED) is 0.807. The lowest BCUT2D eigenvalue weighted by molar-refractivity contribution is -0.125. The minimum atomic E-state index is -0.256. The van der Waals surface area contributed by atoms with Crippen molar-refractivity contribution in [3.05, 3.63) is 35.9 Å². The lowest BCUT2D eigenvalue weighted by atomic mass is 9.94. The van der Waals surface area contributed by atoms with E-state index in [2.05, 4.69) is 12.2 Å². The van der Waals surface area contributed by atoms with Crippen molar-refractivity contribution in [3.8, 4) is 0 Å². The van der Waals surface area contributed by atoms with Crippen molar-refractivity contribution < 1.29 is 4.79 Å². The molecule has 1 amide bonds. The van der Waals surface area contributed by atoms with Gasteiger partial charge in [-0.1, -0.05) is 44.2 Å². The Morgan fingerprint density at radius 2 is 2.00 bits per heavy atom. The molecule has 0 aliphatic carbocycles. The molecule has 3 unspecified atom stereocenters. The van der Waals surface area contributed by atoms with E-state index in [-0.39, 0.29) is 23.9 Å². The van der Waals surface area contributed by atoms with E-state index in [1.54, 1.807) is 11.8 Å². The van der Waals surface area contributed by atoms with Crippen LogP contribution >= 0.6 is 11.8 Å². The van der Waals surface area contributed by atoms with Gasteiger partial charge in [0.05, 0.1) is 5.92 Å². The highest BCUT2D eigenvalue weighted by molar-refractivity contribution is 7.98. The highest BCUT2D eigenvalue weighted by atomic mass is 32.2. The molecule has 0 saturated carbocycles. The van der Waals surface area contributed by atoms with Crippen molar-refractivity contribution in [2.24, 2.45) is 11.7 Å². The number of thioether (sulfide) groups is 1. The van der Waals surface area contributed by atoms with Crippen molar-refractivity contribution in [2.75, 3.05) is 12.0 Å². The van der Waals surface area contributed by atoms with Gasteiger partial charge in [0.1, 0.15) is 0 Å². The monoisotopic (exact) mass is 280 g/mol. The Hall–Kier alpha value is -1.00. The lowest BCUT2D eigenvalue weighted by Crippen LogP contribution is -2.42. The van der Waals surface area contributed by atoms with Crippen LogP contribution in [0.5, 0.6) is 0 Å². The van der Waals surface area contributed by atoms with Gasteiger partial charge in [-0.3, -0.25) is 4.79 Å². The van der Waals surface area contributed by atoms with Gasteiger partial charge in [0.25, 0.3) is 0 Å². The number of benzene rings is 1. The third kappa shape index (κ3) is 4.88. The molecule has 1 aromatic carbocycles. The zero-order valence-electron chi connectivity index (χ0n) is 11.9. The highest BCUT2D eigenvalue weighted by Crippen LogP contribution is 2.19. The van der Waals surface area contributed by atoms with Crippen LogP contribution in [0.4, 0.5) is 0 Å². The molecular formula is C15H24N2OS. The summed E-state index contributed by atoms with van der Waals surface area (Å²) in [4.78, 5) is 12.2. The zero-order valence-corrected chi connectivity index (χ0v) is 12.7. The first-order valence-electron chi connectivity index (χ1n) is 6.70. The van der Waals surface area contributed by atoms with Gasteiger partial charge in [0.2, 0.25) is 5.91 Å². The van der Waals surface area contributed by atoms with Crippen LogP contribution in [-0.4, -0.2) is 24.0 Å². The molecule has 0 spiro atoms. The Morgan fingerprint density at radius 1 is 1.37 bits per heavy atom. The van der Waals surface area contributed by atoms with Gasteiger partial charge >= 0.3 is 0 Å². The van der Waals surface area contributed by atoms with E-state index >= 15 is 0 Å². The predicted molar refractivity (Wildman–Crippen MR) is 83.1 cm³/mol. The van der Waals surface area contributed by atoms with E-state index in [9.17, 15) is 4.79 Å². The zero-order chi connectivity index (χ0) is 14.3. The number of nitrogens with one attached hydrogen (secondary N) is 1. The smallest absolute Gasteiger partial charge is 0.224 e. The van der Waals surface area contributed by atoms with Gasteiger partial charge in [-0.15, -0.1) is 0 Å². The van der Waals surface area contributed by atoms with Crippen LogP contribution in [0.15, 0.2) is 30.3 Å². The maximum absolute atomic E-state index is 12.2. The topological polar surface area (TPSA) is 55.1 Å². The Kier molecular flexibility index (Phi) is 6.95. The summed E-state index contributed by atoms with van der Waals surface area (Å²) in [5.41, 5.74) is 7.17. The second-order valence-electron chi connectivity index (χ2n) is 4.79. The van der Waals surface area contributed by atoms with Gasteiger partial charge in [0, 0.05) is 17.8 Å². The molecule has 3 nitrogen and oxygen atoms in total. The molecule has 0 heterocycles. The summed E-state index contributed by atoms with van der Waals surface area (Å²) in [5, 5.41) is 3.08. The summed E-state index contributed by atoms with van der Waals surface area (Å²) >= 11 is 1.75. The maximum atomic E-state index is 12.2. The first kappa shape index (κ1) is 16.1. The number of carbonyl (C=O) groups excluding carboxylic acids is 1. The summed E-state index contributed by atoms with van der Waals surface area (Å²) < 4.78 is 0. The van der Waals surface area contributed by atoms with Crippen molar-refractivity contribution in [1.82, 2.24) is 5.32 Å². The van der Waals surface area contributed by atoms with Crippen molar-refractivity contribution in [3.63, 3.8) is 0 Å². The highest BCUT2D eigenvalue weighted by Gasteiger charge is 2.23. The van der Waals surface area contributed by atoms with Gasteiger partial charge in [-0.05, 0) is 18.2 Å². The molecule has 3 atom stereocenters. The molecule has 1 rings (SSSR count). The van der Waals surface area contributed by atoms with E-state index in [1.165, 1.54) is 0 Å². The fourth-order valence-corrected chi connectivity index (χ4v) is 2.64. The second-order valence-corrected chi connectivity index (χ2v) is 5.70. The van der Waals surface area contributed by atoms with E-state index in [4.69, 9.17) is 5.73 Å². The third-order valence-corrected chi connectivity index (χ3v) is 4.08. The van der Waals surface area contributed by atoms with Gasteiger partial charge < -0.3 is 11.1 Å². The summed E-state index contributed by atoms with van der Waals surface area (Å²) in [6.45, 7) is 3.97. The summed E-state index contributed by atoms with van der Waals surface area (Å²) in [6.07, 6.45) is 2.99. The fraction of sp³-hybridized carbons (Fsp3) is 0.533. The lowest BCUT2D eigenvalue weighted by Gasteiger charge is -2.23. The van der Waals surface area contributed by atoms with Crippen LogP contribution in [0.2, 0.25) is 0 Å². The van der Waals surface area contributed by atoms with Crippen molar-refractivity contribution >= 4 is 17.7 Å². The fourth-order valence-electron chi connectivity index (χ4n) is 1.92. The Bertz CT molecular complexity index is 383.